The van der Waals surface area contributed by atoms with Gasteiger partial charge in [-0.1, -0.05) is 48.0 Å². The summed E-state index contributed by atoms with van der Waals surface area (Å²) in [6.07, 6.45) is 1.91. The molecule has 0 aromatic heterocycles. The summed E-state index contributed by atoms with van der Waals surface area (Å²) in [4.78, 5) is 0. The largest absolute Gasteiger partial charge is 0.303 e. The van der Waals surface area contributed by atoms with E-state index >= 15 is 0 Å². The van der Waals surface area contributed by atoms with Crippen LogP contribution in [0.15, 0.2) is 47.6 Å². The monoisotopic (exact) mass is 252 g/mol. The molecule has 0 aliphatic heterocycles. The van der Waals surface area contributed by atoms with Crippen molar-refractivity contribution in [3.05, 3.63) is 59.2 Å². The summed E-state index contributed by atoms with van der Waals surface area (Å²) in [7, 11) is 3.85. The first kappa shape index (κ1) is 13.3. The van der Waals surface area contributed by atoms with Crippen LogP contribution in [0, 0.1) is 13.8 Å². The molecule has 2 aromatic carbocycles. The zero-order valence-electron chi connectivity index (χ0n) is 12.0. The molecule has 0 fully saturated rings. The lowest BCUT2D eigenvalue weighted by molar-refractivity contribution is 0.440. The summed E-state index contributed by atoms with van der Waals surface area (Å²) in [5.41, 5.74) is 6.23. The van der Waals surface area contributed by atoms with Gasteiger partial charge in [-0.2, -0.15) is 5.10 Å². The molecule has 0 heterocycles. The molecule has 0 saturated carbocycles. The zero-order chi connectivity index (χ0) is 13.8. The average molecular weight is 252 g/mol. The van der Waals surface area contributed by atoms with Gasteiger partial charge in [0, 0.05) is 19.7 Å². The highest BCUT2D eigenvalue weighted by Crippen LogP contribution is 2.26. The van der Waals surface area contributed by atoms with Crippen LogP contribution in [0.3, 0.4) is 0 Å². The molecule has 0 spiro atoms. The number of hydrogen-bond donors (Lipinski definition) is 0. The first-order chi connectivity index (χ1) is 9.08. The van der Waals surface area contributed by atoms with Gasteiger partial charge in [-0.3, -0.25) is 0 Å². The minimum atomic E-state index is 1.14. The number of nitrogens with zero attached hydrogens (tertiary/aromatic N) is 2. The Kier molecular flexibility index (Phi) is 4.00. The smallest absolute Gasteiger partial charge is 0.0548 e. The van der Waals surface area contributed by atoms with E-state index < -0.39 is 0 Å². The van der Waals surface area contributed by atoms with Crippen molar-refractivity contribution in [1.82, 2.24) is 5.01 Å². The van der Waals surface area contributed by atoms with E-state index in [-0.39, 0.29) is 0 Å². The SMILES string of the molecule is Cc1ccc(-c2ccccc2/C=N/N(C)C)c(C)c1. The van der Waals surface area contributed by atoms with E-state index in [1.54, 1.807) is 5.01 Å². The Morgan fingerprint density at radius 1 is 0.947 bits per heavy atom. The van der Waals surface area contributed by atoms with Crippen LogP contribution in [0.5, 0.6) is 0 Å². The Morgan fingerprint density at radius 3 is 2.37 bits per heavy atom. The van der Waals surface area contributed by atoms with Gasteiger partial charge in [-0.15, -0.1) is 0 Å². The molecule has 0 aliphatic carbocycles. The molecule has 0 unspecified atom stereocenters. The molecule has 0 atom stereocenters. The van der Waals surface area contributed by atoms with Crippen molar-refractivity contribution in [2.45, 2.75) is 13.8 Å². The molecule has 2 aromatic rings. The summed E-state index contributed by atoms with van der Waals surface area (Å²) in [5, 5.41) is 6.14. The van der Waals surface area contributed by atoms with Gasteiger partial charge in [0.1, 0.15) is 0 Å². The molecule has 0 saturated heterocycles. The van der Waals surface area contributed by atoms with Gasteiger partial charge in [0.2, 0.25) is 0 Å². The predicted molar refractivity (Wildman–Crippen MR) is 82.6 cm³/mol. The van der Waals surface area contributed by atoms with Gasteiger partial charge in [0.05, 0.1) is 6.21 Å². The second-order valence-corrected chi connectivity index (χ2v) is 5.00. The Bertz CT molecular complexity index is 598. The lowest BCUT2D eigenvalue weighted by Crippen LogP contribution is -2.02. The van der Waals surface area contributed by atoms with Crippen LogP contribution in [0.2, 0.25) is 0 Å². The molecule has 98 valence electrons. The summed E-state index contributed by atoms with van der Waals surface area (Å²) in [6.45, 7) is 4.28. The third-order valence-electron chi connectivity index (χ3n) is 3.06. The third-order valence-corrected chi connectivity index (χ3v) is 3.06. The highest BCUT2D eigenvalue weighted by molar-refractivity contribution is 5.90. The predicted octanol–water partition coefficient (Wildman–Crippen LogP) is 3.87. The molecule has 2 heteroatoms. The lowest BCUT2D eigenvalue weighted by atomic mass is 9.95. The van der Waals surface area contributed by atoms with E-state index in [1.165, 1.54) is 22.3 Å². The van der Waals surface area contributed by atoms with E-state index in [4.69, 9.17) is 0 Å². The number of rotatable bonds is 3. The minimum Gasteiger partial charge on any atom is -0.303 e. The molecule has 2 rings (SSSR count). The standard InChI is InChI=1S/C17H20N2/c1-13-9-10-16(14(2)11-13)17-8-6-5-7-15(17)12-18-19(3)4/h5-12H,1-4H3/b18-12+. The first-order valence-electron chi connectivity index (χ1n) is 6.46. The van der Waals surface area contributed by atoms with E-state index in [0.29, 0.717) is 0 Å². The molecule has 0 bridgehead atoms. The second kappa shape index (κ2) is 5.70. The normalized spacial score (nSPS) is 10.9. The van der Waals surface area contributed by atoms with Crippen LogP contribution in [-0.2, 0) is 0 Å². The topological polar surface area (TPSA) is 15.6 Å². The summed E-state index contributed by atoms with van der Waals surface area (Å²) in [5.74, 6) is 0. The van der Waals surface area contributed by atoms with E-state index in [2.05, 4.69) is 55.3 Å². The van der Waals surface area contributed by atoms with Crippen molar-refractivity contribution in [2.75, 3.05) is 14.1 Å². The van der Waals surface area contributed by atoms with E-state index in [1.807, 2.05) is 26.4 Å². The molecule has 0 aliphatic rings. The highest BCUT2D eigenvalue weighted by atomic mass is 15.4. The van der Waals surface area contributed by atoms with Crippen LogP contribution in [0.1, 0.15) is 16.7 Å². The zero-order valence-corrected chi connectivity index (χ0v) is 12.0. The van der Waals surface area contributed by atoms with E-state index in [0.717, 1.165) is 5.56 Å². The van der Waals surface area contributed by atoms with Crippen molar-refractivity contribution in [2.24, 2.45) is 5.10 Å². The van der Waals surface area contributed by atoms with Crippen molar-refractivity contribution in [3.63, 3.8) is 0 Å². The van der Waals surface area contributed by atoms with Gasteiger partial charge in [-0.25, -0.2) is 0 Å². The molecule has 19 heavy (non-hydrogen) atoms. The summed E-state index contributed by atoms with van der Waals surface area (Å²) < 4.78 is 0. The van der Waals surface area contributed by atoms with Gasteiger partial charge < -0.3 is 5.01 Å². The van der Waals surface area contributed by atoms with Gasteiger partial charge in [0.15, 0.2) is 0 Å². The van der Waals surface area contributed by atoms with Crippen LogP contribution in [-0.4, -0.2) is 25.3 Å². The Labute approximate surface area is 115 Å². The van der Waals surface area contributed by atoms with Crippen LogP contribution < -0.4 is 0 Å². The number of hydrazone groups is 1. The Hall–Kier alpha value is -2.09. The Balaban J connectivity index is 2.50. The van der Waals surface area contributed by atoms with Gasteiger partial charge in [0.25, 0.3) is 0 Å². The maximum atomic E-state index is 4.34. The van der Waals surface area contributed by atoms with Crippen molar-refractivity contribution in [3.8, 4) is 11.1 Å². The molecular formula is C17H20N2. The highest BCUT2D eigenvalue weighted by Gasteiger charge is 2.05. The molecule has 0 amide bonds. The van der Waals surface area contributed by atoms with Gasteiger partial charge in [-0.05, 0) is 30.5 Å². The van der Waals surface area contributed by atoms with Crippen LogP contribution in [0.25, 0.3) is 11.1 Å². The number of benzene rings is 2. The maximum absolute atomic E-state index is 4.34. The average Bonchev–Trinajstić information content (AvgIpc) is 2.37. The van der Waals surface area contributed by atoms with Crippen LogP contribution in [0.4, 0.5) is 0 Å². The summed E-state index contributed by atoms with van der Waals surface area (Å²) in [6, 6.07) is 14.9. The molecular weight excluding hydrogens is 232 g/mol. The fourth-order valence-electron chi connectivity index (χ4n) is 2.15. The fourth-order valence-corrected chi connectivity index (χ4v) is 2.15. The third kappa shape index (κ3) is 3.22. The van der Waals surface area contributed by atoms with Crippen LogP contribution >= 0.6 is 0 Å². The van der Waals surface area contributed by atoms with Crippen molar-refractivity contribution in [1.29, 1.82) is 0 Å². The number of aryl methyl sites for hydroxylation is 2. The van der Waals surface area contributed by atoms with E-state index in [9.17, 15) is 0 Å². The second-order valence-electron chi connectivity index (χ2n) is 5.00. The quantitative estimate of drug-likeness (QED) is 0.598. The number of hydrogen-bond acceptors (Lipinski definition) is 2. The first-order valence-corrected chi connectivity index (χ1v) is 6.46. The molecule has 0 radical (unpaired) electrons. The Morgan fingerprint density at radius 2 is 1.68 bits per heavy atom. The molecule has 0 N–H and O–H groups in total. The fraction of sp³-hybridized carbons (Fsp3) is 0.235. The van der Waals surface area contributed by atoms with Crippen molar-refractivity contribution >= 4 is 6.21 Å². The summed E-state index contributed by atoms with van der Waals surface area (Å²) >= 11 is 0. The van der Waals surface area contributed by atoms with Crippen molar-refractivity contribution < 1.29 is 0 Å². The molecule has 2 nitrogen and oxygen atoms in total. The minimum absolute atomic E-state index is 1.14. The maximum Gasteiger partial charge on any atom is 0.0548 e. The van der Waals surface area contributed by atoms with Gasteiger partial charge >= 0.3 is 0 Å². The lowest BCUT2D eigenvalue weighted by Gasteiger charge is -2.11.